The van der Waals surface area contributed by atoms with Gasteiger partial charge in [0.1, 0.15) is 12.6 Å². The summed E-state index contributed by atoms with van der Waals surface area (Å²) in [6.07, 6.45) is 2.01. The number of hydrogen-bond donors (Lipinski definition) is 6. The summed E-state index contributed by atoms with van der Waals surface area (Å²) in [6.45, 7) is -1.27. The van der Waals surface area contributed by atoms with E-state index >= 15 is 0 Å². The molecule has 2 rings (SSSR count). The van der Waals surface area contributed by atoms with Gasteiger partial charge in [0.15, 0.2) is 0 Å². The third-order valence-corrected chi connectivity index (χ3v) is 3.68. The molecule has 0 spiro atoms. The van der Waals surface area contributed by atoms with Crippen LogP contribution in [0.3, 0.4) is 0 Å². The zero-order valence-corrected chi connectivity index (χ0v) is 13.4. The van der Waals surface area contributed by atoms with Gasteiger partial charge in [0.05, 0.1) is 12.6 Å². The number of carbonyl (C=O) groups excluding carboxylic acids is 2. The topological polar surface area (TPSA) is 158 Å². The van der Waals surface area contributed by atoms with Gasteiger partial charge >= 0.3 is 5.97 Å². The van der Waals surface area contributed by atoms with E-state index in [-0.39, 0.29) is 6.42 Å². The molecule has 0 aliphatic carbocycles. The average Bonchev–Trinajstić information content (AvgIpc) is 3.00. The Bertz CT molecular complexity index is 773. The van der Waals surface area contributed by atoms with Crippen molar-refractivity contribution < 1.29 is 24.6 Å². The molecule has 134 valence electrons. The number of aliphatic hydroxyl groups is 1. The molecule has 2 atom stereocenters. The van der Waals surface area contributed by atoms with Gasteiger partial charge in [-0.15, -0.1) is 0 Å². The third-order valence-electron chi connectivity index (χ3n) is 3.68. The number of carboxylic acids is 1. The number of para-hydroxylation sites is 1. The number of fused-ring (bicyclic) bond motifs is 1. The quantitative estimate of drug-likeness (QED) is 0.348. The molecule has 0 fully saturated rings. The highest BCUT2D eigenvalue weighted by molar-refractivity contribution is 5.91. The van der Waals surface area contributed by atoms with E-state index in [0.717, 1.165) is 16.5 Å². The highest BCUT2D eigenvalue weighted by atomic mass is 16.4. The van der Waals surface area contributed by atoms with Gasteiger partial charge in [-0.1, -0.05) is 18.2 Å². The summed E-state index contributed by atoms with van der Waals surface area (Å²) in [7, 11) is 0. The van der Waals surface area contributed by atoms with Gasteiger partial charge in [0, 0.05) is 17.1 Å². The number of nitrogens with two attached hydrogens (primary N) is 1. The first-order chi connectivity index (χ1) is 11.9. The van der Waals surface area contributed by atoms with Crippen molar-refractivity contribution in [2.75, 3.05) is 13.2 Å². The number of aromatic amines is 1. The van der Waals surface area contributed by atoms with Gasteiger partial charge in [-0.25, -0.2) is 0 Å². The first-order valence-electron chi connectivity index (χ1n) is 7.63. The molecule has 9 nitrogen and oxygen atoms in total. The van der Waals surface area contributed by atoms with Crippen LogP contribution in [0.25, 0.3) is 10.9 Å². The summed E-state index contributed by atoms with van der Waals surface area (Å²) in [5.41, 5.74) is 7.67. The maximum atomic E-state index is 12.2. The molecule has 0 radical (unpaired) electrons. The van der Waals surface area contributed by atoms with E-state index in [1.54, 1.807) is 6.20 Å². The van der Waals surface area contributed by atoms with Gasteiger partial charge in [-0.2, -0.15) is 0 Å². The molecule has 0 aliphatic heterocycles. The largest absolute Gasteiger partial charge is 0.480 e. The Kier molecular flexibility index (Phi) is 6.09. The summed E-state index contributed by atoms with van der Waals surface area (Å²) < 4.78 is 0. The molecule has 0 aliphatic rings. The maximum Gasteiger partial charge on any atom is 0.322 e. The van der Waals surface area contributed by atoms with Crippen LogP contribution >= 0.6 is 0 Å². The highest BCUT2D eigenvalue weighted by Crippen LogP contribution is 2.18. The Morgan fingerprint density at radius 3 is 2.60 bits per heavy atom. The molecule has 25 heavy (non-hydrogen) atoms. The average molecular weight is 348 g/mol. The van der Waals surface area contributed by atoms with Crippen LogP contribution in [-0.2, 0) is 20.8 Å². The Hall–Kier alpha value is -2.91. The Morgan fingerprint density at radius 2 is 1.92 bits per heavy atom. The molecule has 9 heteroatoms. The van der Waals surface area contributed by atoms with Crippen molar-refractivity contribution >= 4 is 28.7 Å². The van der Waals surface area contributed by atoms with Crippen LogP contribution in [0.5, 0.6) is 0 Å². The fraction of sp³-hybridized carbons (Fsp3) is 0.312. The minimum atomic E-state index is -1.26. The summed E-state index contributed by atoms with van der Waals surface area (Å²) >= 11 is 0. The third kappa shape index (κ3) is 4.78. The van der Waals surface area contributed by atoms with Crippen molar-refractivity contribution in [1.29, 1.82) is 0 Å². The lowest BCUT2D eigenvalue weighted by atomic mass is 10.0. The zero-order valence-electron chi connectivity index (χ0n) is 13.4. The number of aliphatic hydroxyl groups excluding tert-OH is 1. The van der Waals surface area contributed by atoms with E-state index in [2.05, 4.69) is 15.6 Å². The van der Waals surface area contributed by atoms with E-state index < -0.39 is 43.0 Å². The Labute approximate surface area is 143 Å². The van der Waals surface area contributed by atoms with Crippen molar-refractivity contribution in [2.24, 2.45) is 5.73 Å². The number of amides is 2. The van der Waals surface area contributed by atoms with Gasteiger partial charge in [-0.05, 0) is 18.1 Å². The van der Waals surface area contributed by atoms with Crippen LogP contribution < -0.4 is 16.4 Å². The van der Waals surface area contributed by atoms with E-state index in [1.807, 2.05) is 24.3 Å². The number of aliphatic carboxylic acids is 1. The number of hydrogen-bond acceptors (Lipinski definition) is 5. The van der Waals surface area contributed by atoms with E-state index in [4.69, 9.17) is 10.8 Å². The Morgan fingerprint density at radius 1 is 1.20 bits per heavy atom. The first-order valence-corrected chi connectivity index (χ1v) is 7.63. The van der Waals surface area contributed by atoms with Crippen LogP contribution in [0.2, 0.25) is 0 Å². The Balaban J connectivity index is 1.96. The predicted octanol–water partition coefficient (Wildman–Crippen LogP) is -1.28. The lowest BCUT2D eigenvalue weighted by molar-refractivity contribution is -0.138. The lowest BCUT2D eigenvalue weighted by Gasteiger charge is -2.18. The van der Waals surface area contributed by atoms with E-state index in [1.165, 1.54) is 0 Å². The molecule has 2 unspecified atom stereocenters. The van der Waals surface area contributed by atoms with Crippen molar-refractivity contribution in [3.63, 3.8) is 0 Å². The standard InChI is InChI=1S/C16H20N4O5/c17-11(5-9-6-18-12-4-2-1-3-10(9)12)15(24)20-13(8-21)16(25)19-7-14(22)23/h1-4,6,11,13,18,21H,5,7-8,17H2,(H,19,25)(H,20,24)(H,22,23). The smallest absolute Gasteiger partial charge is 0.322 e. The molecule has 1 aromatic carbocycles. The minimum absolute atomic E-state index is 0.241. The summed E-state index contributed by atoms with van der Waals surface area (Å²) in [5.74, 6) is -2.64. The number of carboxylic acid groups (broad SMARTS) is 1. The number of rotatable bonds is 8. The molecular formula is C16H20N4O5. The van der Waals surface area contributed by atoms with E-state index in [9.17, 15) is 19.5 Å². The first kappa shape index (κ1) is 18.4. The van der Waals surface area contributed by atoms with Crippen molar-refractivity contribution in [1.82, 2.24) is 15.6 Å². The molecule has 0 bridgehead atoms. The number of nitrogens with one attached hydrogen (secondary N) is 3. The van der Waals surface area contributed by atoms with Gasteiger partial charge < -0.3 is 31.6 Å². The fourth-order valence-corrected chi connectivity index (χ4v) is 2.39. The van der Waals surface area contributed by atoms with Crippen molar-refractivity contribution in [3.05, 3.63) is 36.0 Å². The van der Waals surface area contributed by atoms with E-state index in [0.29, 0.717) is 0 Å². The maximum absolute atomic E-state index is 12.2. The van der Waals surface area contributed by atoms with Gasteiger partial charge in [-0.3, -0.25) is 14.4 Å². The number of H-pyrrole nitrogens is 1. The SMILES string of the molecule is NC(Cc1c[nH]c2ccccc12)C(=O)NC(CO)C(=O)NCC(=O)O. The summed E-state index contributed by atoms with van der Waals surface area (Å²) in [5, 5.41) is 23.1. The molecule has 2 aromatic rings. The van der Waals surface area contributed by atoms with Crippen LogP contribution in [0.4, 0.5) is 0 Å². The summed E-state index contributed by atoms with van der Waals surface area (Å²) in [4.78, 5) is 37.4. The second kappa shape index (κ2) is 8.27. The number of benzene rings is 1. The molecule has 7 N–H and O–H groups in total. The van der Waals surface area contributed by atoms with Gasteiger partial charge in [0.25, 0.3) is 0 Å². The molecule has 0 saturated heterocycles. The van der Waals surface area contributed by atoms with Crippen LogP contribution in [-0.4, -0.2) is 58.2 Å². The monoisotopic (exact) mass is 348 g/mol. The molecular weight excluding hydrogens is 328 g/mol. The second-order valence-electron chi connectivity index (χ2n) is 5.53. The fourth-order valence-electron chi connectivity index (χ4n) is 2.39. The molecule has 0 saturated carbocycles. The minimum Gasteiger partial charge on any atom is -0.480 e. The molecule has 1 heterocycles. The van der Waals surface area contributed by atoms with Crippen LogP contribution in [0, 0.1) is 0 Å². The highest BCUT2D eigenvalue weighted by Gasteiger charge is 2.24. The second-order valence-corrected chi connectivity index (χ2v) is 5.53. The predicted molar refractivity (Wildman–Crippen MR) is 89.6 cm³/mol. The lowest BCUT2D eigenvalue weighted by Crippen LogP contribution is -2.54. The normalized spacial score (nSPS) is 13.2. The van der Waals surface area contributed by atoms with Crippen molar-refractivity contribution in [2.45, 2.75) is 18.5 Å². The molecule has 1 aromatic heterocycles. The zero-order chi connectivity index (χ0) is 18.4. The van der Waals surface area contributed by atoms with Crippen LogP contribution in [0.15, 0.2) is 30.5 Å². The van der Waals surface area contributed by atoms with Gasteiger partial charge in [0.2, 0.25) is 11.8 Å². The van der Waals surface area contributed by atoms with Crippen LogP contribution in [0.1, 0.15) is 5.56 Å². The molecule has 2 amide bonds. The number of carbonyl (C=O) groups is 3. The van der Waals surface area contributed by atoms with Crippen molar-refractivity contribution in [3.8, 4) is 0 Å². The summed E-state index contributed by atoms with van der Waals surface area (Å²) in [6, 6.07) is 5.37. The number of aromatic nitrogens is 1.